The van der Waals surface area contributed by atoms with E-state index in [4.69, 9.17) is 11.6 Å². The molecule has 0 aliphatic carbocycles. The highest BCUT2D eigenvalue weighted by Gasteiger charge is 2.06. The molecule has 2 aromatic carbocycles. The molecule has 3 aromatic rings. The van der Waals surface area contributed by atoms with Gasteiger partial charge < -0.3 is 5.32 Å². The van der Waals surface area contributed by atoms with Gasteiger partial charge in [0.15, 0.2) is 11.0 Å². The molecule has 0 amide bonds. The molecular formula is C17H16ClN3. The van der Waals surface area contributed by atoms with Crippen molar-refractivity contribution in [1.82, 2.24) is 10.2 Å². The van der Waals surface area contributed by atoms with Crippen LogP contribution in [0.5, 0.6) is 0 Å². The second-order valence-electron chi connectivity index (χ2n) is 4.91. The quantitative estimate of drug-likeness (QED) is 0.772. The predicted octanol–water partition coefficient (Wildman–Crippen LogP) is 4.46. The van der Waals surface area contributed by atoms with Crippen LogP contribution in [0.1, 0.15) is 18.1 Å². The molecule has 1 N–H and O–H groups in total. The first-order chi connectivity index (χ1) is 10.3. The summed E-state index contributed by atoms with van der Waals surface area (Å²) in [4.78, 5) is 0. The first kappa shape index (κ1) is 13.8. The number of aryl methyl sites for hydroxylation is 1. The molecule has 0 fully saturated rings. The molecule has 4 heteroatoms. The summed E-state index contributed by atoms with van der Waals surface area (Å²) in [5.74, 6) is 0.759. The summed E-state index contributed by atoms with van der Waals surface area (Å²) in [5.41, 5.74) is 2.56. The number of fused-ring (bicyclic) bond motifs is 1. The Bertz CT molecular complexity index is 754. The Kier molecular flexibility index (Phi) is 4.02. The zero-order chi connectivity index (χ0) is 14.7. The topological polar surface area (TPSA) is 37.8 Å². The summed E-state index contributed by atoms with van der Waals surface area (Å²) in [7, 11) is 0. The average molecular weight is 298 g/mol. The molecule has 21 heavy (non-hydrogen) atoms. The zero-order valence-corrected chi connectivity index (χ0v) is 12.6. The number of rotatable bonds is 4. The standard InChI is InChI=1S/C17H16ClN3/c1-2-12-7-9-13(10-8-12)11-19-17-15-6-4-3-5-14(15)16(18)20-21-17/h3-10H,2,11H2,1H3,(H,19,21). The summed E-state index contributed by atoms with van der Waals surface area (Å²) in [6.45, 7) is 2.87. The van der Waals surface area contributed by atoms with E-state index in [1.165, 1.54) is 11.1 Å². The maximum absolute atomic E-state index is 6.08. The van der Waals surface area contributed by atoms with Gasteiger partial charge >= 0.3 is 0 Å². The van der Waals surface area contributed by atoms with Crippen molar-refractivity contribution in [3.8, 4) is 0 Å². The molecule has 106 valence electrons. The zero-order valence-electron chi connectivity index (χ0n) is 11.8. The number of hydrogen-bond donors (Lipinski definition) is 1. The number of hydrogen-bond acceptors (Lipinski definition) is 3. The maximum atomic E-state index is 6.08. The fourth-order valence-electron chi connectivity index (χ4n) is 2.28. The van der Waals surface area contributed by atoms with Crippen LogP contribution in [0, 0.1) is 0 Å². The minimum atomic E-state index is 0.434. The Morgan fingerprint density at radius 3 is 2.29 bits per heavy atom. The molecule has 0 bridgehead atoms. The maximum Gasteiger partial charge on any atom is 0.159 e. The van der Waals surface area contributed by atoms with Gasteiger partial charge in [0, 0.05) is 17.3 Å². The minimum Gasteiger partial charge on any atom is -0.364 e. The van der Waals surface area contributed by atoms with Crippen molar-refractivity contribution in [3.05, 3.63) is 64.8 Å². The molecule has 3 rings (SSSR count). The molecule has 0 aliphatic rings. The van der Waals surface area contributed by atoms with Crippen LogP contribution in [0.3, 0.4) is 0 Å². The lowest BCUT2D eigenvalue weighted by Crippen LogP contribution is -2.03. The Morgan fingerprint density at radius 1 is 0.905 bits per heavy atom. The van der Waals surface area contributed by atoms with Crippen LogP contribution in [0.25, 0.3) is 10.8 Å². The Labute approximate surface area is 129 Å². The van der Waals surface area contributed by atoms with E-state index in [9.17, 15) is 0 Å². The first-order valence-corrected chi connectivity index (χ1v) is 7.38. The van der Waals surface area contributed by atoms with Gasteiger partial charge in [-0.25, -0.2) is 0 Å². The number of aromatic nitrogens is 2. The third kappa shape index (κ3) is 2.98. The van der Waals surface area contributed by atoms with E-state index in [1.807, 2.05) is 24.3 Å². The molecular weight excluding hydrogens is 282 g/mol. The van der Waals surface area contributed by atoms with Crippen LogP contribution >= 0.6 is 11.6 Å². The van der Waals surface area contributed by atoms with E-state index in [2.05, 4.69) is 46.7 Å². The van der Waals surface area contributed by atoms with Crippen molar-refractivity contribution in [2.45, 2.75) is 19.9 Å². The third-order valence-corrected chi connectivity index (χ3v) is 3.81. The molecule has 0 radical (unpaired) electrons. The van der Waals surface area contributed by atoms with E-state index in [0.29, 0.717) is 11.7 Å². The average Bonchev–Trinajstić information content (AvgIpc) is 2.55. The first-order valence-electron chi connectivity index (χ1n) is 7.00. The SMILES string of the molecule is CCc1ccc(CNc2nnc(Cl)c3ccccc23)cc1. The van der Waals surface area contributed by atoms with Gasteiger partial charge in [-0.1, -0.05) is 67.1 Å². The van der Waals surface area contributed by atoms with Crippen molar-refractivity contribution in [2.75, 3.05) is 5.32 Å². The van der Waals surface area contributed by atoms with Crippen LogP contribution in [-0.2, 0) is 13.0 Å². The number of halogens is 1. The molecule has 0 saturated heterocycles. The molecule has 0 atom stereocenters. The normalized spacial score (nSPS) is 10.8. The second kappa shape index (κ2) is 6.10. The molecule has 0 aliphatic heterocycles. The van der Waals surface area contributed by atoms with E-state index < -0.39 is 0 Å². The van der Waals surface area contributed by atoms with Crippen LogP contribution in [0.4, 0.5) is 5.82 Å². The smallest absolute Gasteiger partial charge is 0.159 e. The van der Waals surface area contributed by atoms with Gasteiger partial charge in [0.2, 0.25) is 0 Å². The predicted molar refractivity (Wildman–Crippen MR) is 87.7 cm³/mol. The van der Waals surface area contributed by atoms with Crippen molar-refractivity contribution in [1.29, 1.82) is 0 Å². The van der Waals surface area contributed by atoms with Crippen LogP contribution in [-0.4, -0.2) is 10.2 Å². The summed E-state index contributed by atoms with van der Waals surface area (Å²) in [5, 5.41) is 13.8. The number of benzene rings is 2. The van der Waals surface area contributed by atoms with E-state index in [-0.39, 0.29) is 0 Å². The Morgan fingerprint density at radius 2 is 1.57 bits per heavy atom. The fraction of sp³-hybridized carbons (Fsp3) is 0.176. The monoisotopic (exact) mass is 297 g/mol. The fourth-order valence-corrected chi connectivity index (χ4v) is 2.48. The number of anilines is 1. The second-order valence-corrected chi connectivity index (χ2v) is 5.27. The molecule has 3 nitrogen and oxygen atoms in total. The van der Waals surface area contributed by atoms with E-state index >= 15 is 0 Å². The van der Waals surface area contributed by atoms with Gasteiger partial charge in [-0.3, -0.25) is 0 Å². The molecule has 1 aromatic heterocycles. The highest BCUT2D eigenvalue weighted by molar-refractivity contribution is 6.34. The van der Waals surface area contributed by atoms with Gasteiger partial charge in [-0.05, 0) is 17.5 Å². The van der Waals surface area contributed by atoms with Crippen molar-refractivity contribution in [2.24, 2.45) is 0 Å². The van der Waals surface area contributed by atoms with Gasteiger partial charge in [-0.15, -0.1) is 10.2 Å². The summed E-state index contributed by atoms with van der Waals surface area (Å²) in [6.07, 6.45) is 1.06. The van der Waals surface area contributed by atoms with Gasteiger partial charge in [0.25, 0.3) is 0 Å². The van der Waals surface area contributed by atoms with Crippen LogP contribution < -0.4 is 5.32 Å². The van der Waals surface area contributed by atoms with Crippen molar-refractivity contribution in [3.63, 3.8) is 0 Å². The summed E-state index contributed by atoms with van der Waals surface area (Å²) < 4.78 is 0. The number of nitrogens with zero attached hydrogens (tertiary/aromatic N) is 2. The lowest BCUT2D eigenvalue weighted by atomic mass is 10.1. The van der Waals surface area contributed by atoms with E-state index in [1.54, 1.807) is 0 Å². The molecule has 0 spiro atoms. The minimum absolute atomic E-state index is 0.434. The third-order valence-electron chi connectivity index (χ3n) is 3.53. The summed E-state index contributed by atoms with van der Waals surface area (Å²) in [6, 6.07) is 16.5. The van der Waals surface area contributed by atoms with Gasteiger partial charge in [-0.2, -0.15) is 0 Å². The van der Waals surface area contributed by atoms with Crippen LogP contribution in [0.2, 0.25) is 5.15 Å². The highest BCUT2D eigenvalue weighted by Crippen LogP contribution is 2.25. The largest absolute Gasteiger partial charge is 0.364 e. The summed E-state index contributed by atoms with van der Waals surface area (Å²) >= 11 is 6.08. The lowest BCUT2D eigenvalue weighted by molar-refractivity contribution is 1.01. The molecule has 0 unspecified atom stereocenters. The molecule has 0 saturated carbocycles. The Balaban J connectivity index is 1.83. The van der Waals surface area contributed by atoms with Crippen LogP contribution in [0.15, 0.2) is 48.5 Å². The lowest BCUT2D eigenvalue weighted by Gasteiger charge is -2.09. The van der Waals surface area contributed by atoms with Gasteiger partial charge in [0.05, 0.1) is 0 Å². The Hall–Kier alpha value is -2.13. The van der Waals surface area contributed by atoms with Crippen molar-refractivity contribution >= 4 is 28.2 Å². The van der Waals surface area contributed by atoms with Crippen molar-refractivity contribution < 1.29 is 0 Å². The number of nitrogens with one attached hydrogen (secondary N) is 1. The van der Waals surface area contributed by atoms with E-state index in [0.717, 1.165) is 23.0 Å². The van der Waals surface area contributed by atoms with Gasteiger partial charge in [0.1, 0.15) is 0 Å². The highest BCUT2D eigenvalue weighted by atomic mass is 35.5. The molecule has 1 heterocycles.